The molecule has 4 aromatic rings. The Morgan fingerprint density at radius 1 is 1.17 bits per heavy atom. The fraction of sp³-hybridized carbons (Fsp3) is 0.276. The maximum absolute atomic E-state index is 13.5. The quantitative estimate of drug-likeness (QED) is 0.267. The number of anilines is 3. The van der Waals surface area contributed by atoms with Crippen molar-refractivity contribution in [2.45, 2.75) is 32.0 Å². The van der Waals surface area contributed by atoms with Gasteiger partial charge < -0.3 is 20.3 Å². The first-order valence-electron chi connectivity index (χ1n) is 13.1. The van der Waals surface area contributed by atoms with E-state index in [9.17, 15) is 22.8 Å². The number of thiophene rings is 1. The van der Waals surface area contributed by atoms with Crippen molar-refractivity contribution in [1.29, 1.82) is 0 Å². The molecule has 2 aromatic heterocycles. The number of rotatable bonds is 5. The van der Waals surface area contributed by atoms with Gasteiger partial charge in [0, 0.05) is 18.8 Å². The van der Waals surface area contributed by atoms with Gasteiger partial charge in [0.1, 0.15) is 21.2 Å². The number of carbonyl (C=O) groups excluding carboxylic acids is 2. The van der Waals surface area contributed by atoms with Gasteiger partial charge in [0.05, 0.1) is 28.0 Å². The zero-order valence-corrected chi connectivity index (χ0v) is 23.0. The number of ether oxygens (including phenoxy) is 1. The smallest absolute Gasteiger partial charge is 0.419 e. The Morgan fingerprint density at radius 3 is 2.73 bits per heavy atom. The lowest BCUT2D eigenvalue weighted by Gasteiger charge is -2.31. The zero-order valence-electron chi connectivity index (χ0n) is 22.2. The van der Waals surface area contributed by atoms with Crippen LogP contribution in [0.25, 0.3) is 10.2 Å². The van der Waals surface area contributed by atoms with Crippen molar-refractivity contribution in [3.8, 4) is 11.5 Å². The van der Waals surface area contributed by atoms with Crippen LogP contribution in [0.1, 0.15) is 33.6 Å². The minimum absolute atomic E-state index is 0.0216. The van der Waals surface area contributed by atoms with E-state index in [1.807, 2.05) is 7.05 Å². The molecule has 3 amide bonds. The minimum atomic E-state index is -4.56. The molecule has 212 valence electrons. The Morgan fingerprint density at radius 2 is 1.98 bits per heavy atom. The molecule has 1 fully saturated rings. The second kappa shape index (κ2) is 10.3. The number of urea groups is 1. The summed E-state index contributed by atoms with van der Waals surface area (Å²) in [5.41, 5.74) is 1.22. The van der Waals surface area contributed by atoms with Gasteiger partial charge in [0.15, 0.2) is 0 Å². The number of amides is 3. The van der Waals surface area contributed by atoms with Crippen molar-refractivity contribution in [3.05, 3.63) is 70.7 Å². The number of benzene rings is 2. The van der Waals surface area contributed by atoms with E-state index in [-0.39, 0.29) is 23.4 Å². The predicted molar refractivity (Wildman–Crippen MR) is 151 cm³/mol. The highest BCUT2D eigenvalue weighted by Crippen LogP contribution is 2.47. The molecule has 0 saturated carbocycles. The number of likely N-dealkylation sites (tertiary alicyclic amines) is 1. The average molecular weight is 582 g/mol. The van der Waals surface area contributed by atoms with Crippen molar-refractivity contribution in [2.75, 3.05) is 30.4 Å². The summed E-state index contributed by atoms with van der Waals surface area (Å²) in [5, 5.41) is 6.64. The second-order valence-corrected chi connectivity index (χ2v) is 11.2. The molecule has 2 aliphatic heterocycles. The van der Waals surface area contributed by atoms with Crippen LogP contribution >= 0.6 is 11.3 Å². The molecule has 1 atom stereocenters. The molecule has 0 radical (unpaired) electrons. The van der Waals surface area contributed by atoms with Gasteiger partial charge in [0.2, 0.25) is 0 Å². The van der Waals surface area contributed by atoms with Crippen molar-refractivity contribution < 1.29 is 27.5 Å². The van der Waals surface area contributed by atoms with E-state index in [0.717, 1.165) is 32.0 Å². The number of alkyl halides is 3. The van der Waals surface area contributed by atoms with E-state index in [4.69, 9.17) is 4.74 Å². The fourth-order valence-electron chi connectivity index (χ4n) is 5.38. The van der Waals surface area contributed by atoms with Crippen LogP contribution in [0.5, 0.6) is 11.5 Å². The average Bonchev–Trinajstić information content (AvgIpc) is 3.29. The standard InChI is InChI=1S/C29H26F3N5O3S/c1-16-14-18(40-22-8-4-3-7-19(22)29(30,31)32)9-10-20(16)37-21-11-12-33-27-23(21)24(35-28(37)39)25(41-27)26(38)34-17-6-5-13-36(2)15-17/h3-4,7-12,14,17H,5-6,13,15H2,1-2H3,(H,34,38)(H,35,39)/t17-/m1/s1. The molecule has 8 nitrogen and oxygen atoms in total. The molecule has 41 heavy (non-hydrogen) atoms. The molecule has 12 heteroatoms. The predicted octanol–water partition coefficient (Wildman–Crippen LogP) is 6.92. The molecule has 0 spiro atoms. The molecule has 1 saturated heterocycles. The third kappa shape index (κ3) is 5.08. The van der Waals surface area contributed by atoms with Gasteiger partial charge in [-0.1, -0.05) is 12.1 Å². The first-order chi connectivity index (χ1) is 19.6. The maximum Gasteiger partial charge on any atom is 0.419 e. The SMILES string of the molecule is Cc1cc(Oc2ccccc2C(F)(F)F)ccc1N1C(=O)Nc2c(C(=O)N[C@@H]3CCCN(C)C3)sc3nccc1c23. The molecule has 2 N–H and O–H groups in total. The molecule has 2 aromatic carbocycles. The number of piperidine rings is 1. The van der Waals surface area contributed by atoms with E-state index in [2.05, 4.69) is 20.5 Å². The lowest BCUT2D eigenvalue weighted by Crippen LogP contribution is -2.46. The number of carbonyl (C=O) groups is 2. The number of nitrogens with zero attached hydrogens (tertiary/aromatic N) is 3. The van der Waals surface area contributed by atoms with E-state index >= 15 is 0 Å². The molecular formula is C29H26F3N5O3S. The molecule has 4 heterocycles. The van der Waals surface area contributed by atoms with Crippen LogP contribution in [0, 0.1) is 6.92 Å². The van der Waals surface area contributed by atoms with Crippen molar-refractivity contribution in [1.82, 2.24) is 15.2 Å². The summed E-state index contributed by atoms with van der Waals surface area (Å²) in [7, 11) is 2.02. The summed E-state index contributed by atoms with van der Waals surface area (Å²) in [6, 6.07) is 11.0. The Bertz CT molecular complexity index is 1670. The van der Waals surface area contributed by atoms with Gasteiger partial charge in [-0.2, -0.15) is 13.2 Å². The molecule has 6 rings (SSSR count). The highest BCUT2D eigenvalue weighted by molar-refractivity contribution is 7.21. The second-order valence-electron chi connectivity index (χ2n) is 10.2. The van der Waals surface area contributed by atoms with Gasteiger partial charge in [-0.05, 0) is 75.3 Å². The largest absolute Gasteiger partial charge is 0.457 e. The molecule has 0 bridgehead atoms. The molecular weight excluding hydrogens is 555 g/mol. The third-order valence-electron chi connectivity index (χ3n) is 7.24. The topological polar surface area (TPSA) is 86.8 Å². The molecule has 0 unspecified atom stereocenters. The van der Waals surface area contributed by atoms with Crippen LogP contribution in [0.3, 0.4) is 0 Å². The number of hydrogen-bond donors (Lipinski definition) is 2. The Kier molecular flexibility index (Phi) is 6.82. The maximum atomic E-state index is 13.5. The zero-order chi connectivity index (χ0) is 28.9. The van der Waals surface area contributed by atoms with Crippen LogP contribution in [0.15, 0.2) is 54.7 Å². The summed E-state index contributed by atoms with van der Waals surface area (Å²) < 4.78 is 45.9. The van der Waals surface area contributed by atoms with Crippen molar-refractivity contribution in [3.63, 3.8) is 0 Å². The summed E-state index contributed by atoms with van der Waals surface area (Å²) in [6.45, 7) is 3.50. The summed E-state index contributed by atoms with van der Waals surface area (Å²) in [6.07, 6.45) is -1.09. The van der Waals surface area contributed by atoms with E-state index in [1.54, 1.807) is 31.3 Å². The van der Waals surface area contributed by atoms with E-state index in [1.165, 1.54) is 40.5 Å². The van der Waals surface area contributed by atoms with Crippen molar-refractivity contribution in [2.24, 2.45) is 0 Å². The number of aromatic nitrogens is 1. The molecule has 0 aliphatic carbocycles. The van der Waals surface area contributed by atoms with E-state index < -0.39 is 17.8 Å². The Balaban J connectivity index is 1.32. The van der Waals surface area contributed by atoms with Crippen LogP contribution in [-0.4, -0.2) is 48.0 Å². The highest BCUT2D eigenvalue weighted by Gasteiger charge is 2.35. The van der Waals surface area contributed by atoms with Gasteiger partial charge in [-0.25, -0.2) is 9.78 Å². The Labute approximate surface area is 237 Å². The number of pyridine rings is 1. The number of hydrogen-bond acceptors (Lipinski definition) is 6. The van der Waals surface area contributed by atoms with Crippen molar-refractivity contribution >= 4 is 50.6 Å². The summed E-state index contributed by atoms with van der Waals surface area (Å²) >= 11 is 1.22. The Hall–Kier alpha value is -4.16. The number of likely N-dealkylation sites (N-methyl/N-ethyl adjacent to an activating group) is 1. The van der Waals surface area contributed by atoms with Crippen LogP contribution in [0.4, 0.5) is 35.0 Å². The lowest BCUT2D eigenvalue weighted by molar-refractivity contribution is -0.138. The van der Waals surface area contributed by atoms with E-state index in [0.29, 0.717) is 37.7 Å². The van der Waals surface area contributed by atoms with Gasteiger partial charge >= 0.3 is 12.2 Å². The van der Waals surface area contributed by atoms with Crippen LogP contribution < -0.4 is 20.3 Å². The number of nitrogens with one attached hydrogen (secondary N) is 2. The van der Waals surface area contributed by atoms with Gasteiger partial charge in [-0.3, -0.25) is 9.69 Å². The fourth-order valence-corrected chi connectivity index (χ4v) is 6.40. The first-order valence-corrected chi connectivity index (χ1v) is 13.9. The van der Waals surface area contributed by atoms with Crippen LogP contribution in [-0.2, 0) is 6.18 Å². The van der Waals surface area contributed by atoms with Gasteiger partial charge in [0.25, 0.3) is 5.91 Å². The van der Waals surface area contributed by atoms with Gasteiger partial charge in [-0.15, -0.1) is 11.3 Å². The minimum Gasteiger partial charge on any atom is -0.457 e. The number of para-hydroxylation sites is 1. The summed E-state index contributed by atoms with van der Waals surface area (Å²) in [4.78, 5) is 35.9. The lowest BCUT2D eigenvalue weighted by atomic mass is 10.1. The third-order valence-corrected chi connectivity index (χ3v) is 8.34. The number of aryl methyl sites for hydroxylation is 1. The summed E-state index contributed by atoms with van der Waals surface area (Å²) in [5.74, 6) is -0.365. The number of halogens is 3. The van der Waals surface area contributed by atoms with Crippen LogP contribution in [0.2, 0.25) is 0 Å². The normalized spacial score (nSPS) is 17.4. The monoisotopic (exact) mass is 581 g/mol. The molecule has 2 aliphatic rings. The first kappa shape index (κ1) is 27.0. The highest BCUT2D eigenvalue weighted by atomic mass is 32.1.